The normalized spacial score (nSPS) is 27.4. The zero-order chi connectivity index (χ0) is 9.57. The van der Waals surface area contributed by atoms with Crippen molar-refractivity contribution in [1.29, 1.82) is 0 Å². The van der Waals surface area contributed by atoms with Crippen LogP contribution in [0.2, 0.25) is 0 Å². The Morgan fingerprint density at radius 3 is 2.25 bits per heavy atom. The summed E-state index contributed by atoms with van der Waals surface area (Å²) in [5, 5.41) is 3.57. The van der Waals surface area contributed by atoms with E-state index >= 15 is 0 Å². The third kappa shape index (κ3) is 1.63. The molecular formula is C10H20N2. The Kier molecular flexibility index (Phi) is 1.99. The third-order valence-corrected chi connectivity index (χ3v) is 2.47. The molecule has 0 aromatic heterocycles. The van der Waals surface area contributed by atoms with Gasteiger partial charge in [-0.2, -0.15) is 0 Å². The van der Waals surface area contributed by atoms with Crippen LogP contribution < -0.4 is 5.32 Å². The van der Waals surface area contributed by atoms with Crippen LogP contribution in [0.15, 0.2) is 12.3 Å². The molecule has 0 unspecified atom stereocenters. The molecule has 1 fully saturated rings. The molecule has 0 saturated carbocycles. The van der Waals surface area contributed by atoms with Gasteiger partial charge in [-0.15, -0.1) is 0 Å². The summed E-state index contributed by atoms with van der Waals surface area (Å²) in [6, 6.07) is 0. The lowest BCUT2D eigenvalue weighted by Crippen LogP contribution is -2.64. The Balaban J connectivity index is 2.87. The molecule has 1 rings (SSSR count). The summed E-state index contributed by atoms with van der Waals surface area (Å²) in [7, 11) is 2.10. The number of likely N-dealkylation sites (N-methyl/N-ethyl adjacent to an activating group) is 1. The fourth-order valence-electron chi connectivity index (χ4n) is 2.12. The summed E-state index contributed by atoms with van der Waals surface area (Å²) in [5.41, 5.74) is 1.37. The molecule has 2 heteroatoms. The largest absolute Gasteiger partial charge is 0.375 e. The van der Waals surface area contributed by atoms with E-state index in [0.29, 0.717) is 0 Å². The second-order valence-corrected chi connectivity index (χ2v) is 4.94. The number of nitrogens with one attached hydrogen (secondary N) is 1. The molecule has 0 aliphatic carbocycles. The van der Waals surface area contributed by atoms with Gasteiger partial charge >= 0.3 is 0 Å². The Morgan fingerprint density at radius 1 is 1.33 bits per heavy atom. The van der Waals surface area contributed by atoms with Crippen LogP contribution in [0, 0.1) is 0 Å². The minimum absolute atomic E-state index is 0.0243. The lowest BCUT2D eigenvalue weighted by atomic mass is 9.89. The van der Waals surface area contributed by atoms with Gasteiger partial charge in [0.2, 0.25) is 0 Å². The van der Waals surface area contributed by atoms with E-state index < -0.39 is 0 Å². The molecule has 0 atom stereocenters. The van der Waals surface area contributed by atoms with Gasteiger partial charge in [-0.3, -0.25) is 5.32 Å². The van der Waals surface area contributed by atoms with Crippen molar-refractivity contribution in [3.63, 3.8) is 0 Å². The molecule has 1 saturated heterocycles. The molecule has 0 aromatic carbocycles. The zero-order valence-electron chi connectivity index (χ0n) is 8.86. The SMILES string of the molecule is C=C1N(C)CC(C)(C)NC1(C)C. The summed E-state index contributed by atoms with van der Waals surface area (Å²) in [5.74, 6) is 0. The molecule has 0 radical (unpaired) electrons. The van der Waals surface area contributed by atoms with Gasteiger partial charge in [0.25, 0.3) is 0 Å². The van der Waals surface area contributed by atoms with Crippen LogP contribution in [0.1, 0.15) is 27.7 Å². The summed E-state index contributed by atoms with van der Waals surface area (Å²) >= 11 is 0. The quantitative estimate of drug-likeness (QED) is 0.591. The minimum Gasteiger partial charge on any atom is -0.375 e. The van der Waals surface area contributed by atoms with Crippen molar-refractivity contribution < 1.29 is 0 Å². The predicted octanol–water partition coefficient (Wildman–Crippen LogP) is 1.59. The molecule has 2 nitrogen and oxygen atoms in total. The van der Waals surface area contributed by atoms with E-state index in [1.165, 1.54) is 5.70 Å². The van der Waals surface area contributed by atoms with Crippen molar-refractivity contribution >= 4 is 0 Å². The Labute approximate surface area is 75.6 Å². The van der Waals surface area contributed by atoms with Gasteiger partial charge < -0.3 is 4.90 Å². The molecule has 0 bridgehead atoms. The molecular weight excluding hydrogens is 148 g/mol. The van der Waals surface area contributed by atoms with Crippen LogP contribution in [-0.2, 0) is 0 Å². The second kappa shape index (κ2) is 2.49. The lowest BCUT2D eigenvalue weighted by molar-refractivity contribution is 0.150. The molecule has 70 valence electrons. The van der Waals surface area contributed by atoms with Crippen LogP contribution in [0.4, 0.5) is 0 Å². The summed E-state index contributed by atoms with van der Waals surface area (Å²) in [6.45, 7) is 13.9. The first-order valence-corrected chi connectivity index (χ1v) is 4.44. The van der Waals surface area contributed by atoms with Crippen LogP contribution in [-0.4, -0.2) is 29.6 Å². The number of piperazine rings is 1. The first-order valence-electron chi connectivity index (χ1n) is 4.44. The first-order chi connectivity index (χ1) is 5.25. The van der Waals surface area contributed by atoms with E-state index in [4.69, 9.17) is 0 Å². The Bertz CT molecular complexity index is 204. The van der Waals surface area contributed by atoms with Gasteiger partial charge in [0.05, 0.1) is 5.54 Å². The molecule has 1 N–H and O–H groups in total. The van der Waals surface area contributed by atoms with Crippen LogP contribution in [0.5, 0.6) is 0 Å². The number of hydrogen-bond donors (Lipinski definition) is 1. The van der Waals surface area contributed by atoms with E-state index in [-0.39, 0.29) is 11.1 Å². The number of nitrogens with zero attached hydrogens (tertiary/aromatic N) is 1. The van der Waals surface area contributed by atoms with Crippen molar-refractivity contribution in [1.82, 2.24) is 10.2 Å². The van der Waals surface area contributed by atoms with Gasteiger partial charge in [-0.25, -0.2) is 0 Å². The van der Waals surface area contributed by atoms with Crippen LogP contribution >= 0.6 is 0 Å². The molecule has 12 heavy (non-hydrogen) atoms. The van der Waals surface area contributed by atoms with E-state index in [1.807, 2.05) is 0 Å². The van der Waals surface area contributed by atoms with Crippen molar-refractivity contribution in [2.75, 3.05) is 13.6 Å². The van der Waals surface area contributed by atoms with Crippen LogP contribution in [0.25, 0.3) is 0 Å². The highest BCUT2D eigenvalue weighted by atomic mass is 15.2. The second-order valence-electron chi connectivity index (χ2n) is 4.94. The molecule has 1 aliphatic rings. The van der Waals surface area contributed by atoms with Gasteiger partial charge in [-0.05, 0) is 27.7 Å². The summed E-state index contributed by atoms with van der Waals surface area (Å²) in [6.07, 6.45) is 0. The highest BCUT2D eigenvalue weighted by molar-refractivity contribution is 5.17. The van der Waals surface area contributed by atoms with Gasteiger partial charge in [0.1, 0.15) is 0 Å². The molecule has 0 spiro atoms. The zero-order valence-corrected chi connectivity index (χ0v) is 8.86. The maximum Gasteiger partial charge on any atom is 0.0526 e. The van der Waals surface area contributed by atoms with Crippen molar-refractivity contribution in [2.45, 2.75) is 38.8 Å². The molecule has 0 amide bonds. The maximum absolute atomic E-state index is 4.08. The molecule has 0 aromatic rings. The van der Waals surface area contributed by atoms with Crippen molar-refractivity contribution in [3.05, 3.63) is 12.3 Å². The van der Waals surface area contributed by atoms with E-state index in [9.17, 15) is 0 Å². The van der Waals surface area contributed by atoms with Crippen molar-refractivity contribution in [2.24, 2.45) is 0 Å². The maximum atomic E-state index is 4.08. The van der Waals surface area contributed by atoms with E-state index in [2.05, 4.69) is 51.5 Å². The first kappa shape index (κ1) is 9.59. The Morgan fingerprint density at radius 2 is 1.83 bits per heavy atom. The topological polar surface area (TPSA) is 15.3 Å². The highest BCUT2D eigenvalue weighted by Crippen LogP contribution is 2.27. The summed E-state index contributed by atoms with van der Waals surface area (Å²) in [4.78, 5) is 2.23. The number of hydrogen-bond acceptors (Lipinski definition) is 2. The van der Waals surface area contributed by atoms with Gasteiger partial charge in [0.15, 0.2) is 0 Å². The van der Waals surface area contributed by atoms with E-state index in [0.717, 1.165) is 6.54 Å². The lowest BCUT2D eigenvalue weighted by Gasteiger charge is -2.49. The predicted molar refractivity (Wildman–Crippen MR) is 53.1 cm³/mol. The fraction of sp³-hybridized carbons (Fsp3) is 0.800. The Hall–Kier alpha value is -0.500. The number of rotatable bonds is 0. The van der Waals surface area contributed by atoms with E-state index in [1.54, 1.807) is 0 Å². The monoisotopic (exact) mass is 168 g/mol. The van der Waals surface area contributed by atoms with Crippen molar-refractivity contribution in [3.8, 4) is 0 Å². The highest BCUT2D eigenvalue weighted by Gasteiger charge is 2.37. The average molecular weight is 168 g/mol. The average Bonchev–Trinajstić information content (AvgIpc) is 1.79. The van der Waals surface area contributed by atoms with Gasteiger partial charge in [-0.1, -0.05) is 6.58 Å². The standard InChI is InChI=1S/C10H20N2/c1-8-10(4,5)11-9(2,3)7-12(8)6/h11H,1,7H2,2-6H3. The molecule has 1 aliphatic heterocycles. The smallest absolute Gasteiger partial charge is 0.0526 e. The fourth-order valence-corrected chi connectivity index (χ4v) is 2.12. The minimum atomic E-state index is 0.0243. The molecule has 1 heterocycles. The summed E-state index contributed by atoms with van der Waals surface area (Å²) < 4.78 is 0. The van der Waals surface area contributed by atoms with Gasteiger partial charge in [0, 0.05) is 24.8 Å². The van der Waals surface area contributed by atoms with Crippen LogP contribution in [0.3, 0.4) is 0 Å². The third-order valence-electron chi connectivity index (χ3n) is 2.47.